The molecule has 0 radical (unpaired) electrons. The number of carbonyl (C=O) groups excluding carboxylic acids is 1. The number of hydrogen-bond donors (Lipinski definition) is 3. The molecule has 0 aromatic heterocycles. The van der Waals surface area contributed by atoms with Crippen LogP contribution in [0.25, 0.3) is 0 Å². The fraction of sp³-hybridized carbons (Fsp3) is 0.833. The van der Waals surface area contributed by atoms with Crippen molar-refractivity contribution in [1.82, 2.24) is 10.6 Å². The number of nitrogens with one attached hydrogen (secondary N) is 2. The van der Waals surface area contributed by atoms with Crippen LogP contribution < -0.4 is 10.6 Å². The van der Waals surface area contributed by atoms with Crippen molar-refractivity contribution in [2.24, 2.45) is 11.8 Å². The van der Waals surface area contributed by atoms with Crippen molar-refractivity contribution in [3.05, 3.63) is 0 Å². The van der Waals surface area contributed by atoms with Gasteiger partial charge in [0.05, 0.1) is 5.92 Å². The summed E-state index contributed by atoms with van der Waals surface area (Å²) in [5.41, 5.74) is -0.537. The van der Waals surface area contributed by atoms with Crippen LogP contribution in [-0.2, 0) is 9.53 Å². The van der Waals surface area contributed by atoms with Crippen molar-refractivity contribution in [3.63, 3.8) is 0 Å². The molecule has 0 spiro atoms. The van der Waals surface area contributed by atoms with Gasteiger partial charge in [0.15, 0.2) is 0 Å². The van der Waals surface area contributed by atoms with Gasteiger partial charge in [-0.3, -0.25) is 4.79 Å². The first-order valence-corrected chi connectivity index (χ1v) is 6.20. The Hall–Kier alpha value is -1.30. The zero-order valence-electron chi connectivity index (χ0n) is 11.2. The maximum Gasteiger partial charge on any atom is 0.407 e. The van der Waals surface area contributed by atoms with Crippen LogP contribution in [0.2, 0.25) is 0 Å². The first-order valence-electron chi connectivity index (χ1n) is 6.20. The van der Waals surface area contributed by atoms with Crippen LogP contribution in [0.1, 0.15) is 27.2 Å². The van der Waals surface area contributed by atoms with Crippen LogP contribution in [-0.4, -0.2) is 42.4 Å². The number of aliphatic carboxylic acids is 1. The van der Waals surface area contributed by atoms with Gasteiger partial charge in [-0.15, -0.1) is 0 Å². The van der Waals surface area contributed by atoms with E-state index in [0.29, 0.717) is 13.1 Å². The van der Waals surface area contributed by atoms with Crippen LogP contribution in [0.5, 0.6) is 0 Å². The minimum absolute atomic E-state index is 0.0451. The van der Waals surface area contributed by atoms with E-state index in [-0.39, 0.29) is 5.92 Å². The molecule has 6 nitrogen and oxygen atoms in total. The van der Waals surface area contributed by atoms with Crippen LogP contribution in [0.15, 0.2) is 0 Å². The van der Waals surface area contributed by atoms with Crippen molar-refractivity contribution in [3.8, 4) is 0 Å². The Kier molecular flexibility index (Phi) is 4.95. The highest BCUT2D eigenvalue weighted by Crippen LogP contribution is 2.18. The summed E-state index contributed by atoms with van der Waals surface area (Å²) in [7, 11) is 0. The predicted molar refractivity (Wildman–Crippen MR) is 66.3 cm³/mol. The molecule has 0 aliphatic carbocycles. The number of carboxylic acids is 1. The van der Waals surface area contributed by atoms with Crippen LogP contribution >= 0.6 is 0 Å². The van der Waals surface area contributed by atoms with Gasteiger partial charge in [-0.25, -0.2) is 4.79 Å². The Morgan fingerprint density at radius 1 is 1.44 bits per heavy atom. The average Bonchev–Trinajstić information content (AvgIpc) is 2.24. The average molecular weight is 258 g/mol. The van der Waals surface area contributed by atoms with Gasteiger partial charge in [0.1, 0.15) is 5.60 Å². The lowest BCUT2D eigenvalue weighted by molar-refractivity contribution is -0.144. The Balaban J connectivity index is 2.41. The molecule has 104 valence electrons. The molecule has 1 aliphatic heterocycles. The van der Waals surface area contributed by atoms with E-state index in [9.17, 15) is 9.59 Å². The predicted octanol–water partition coefficient (Wildman–Crippen LogP) is 0.821. The Morgan fingerprint density at radius 3 is 2.67 bits per heavy atom. The van der Waals surface area contributed by atoms with Crippen LogP contribution in [0.3, 0.4) is 0 Å². The number of carboxylic acid groups (broad SMARTS) is 1. The monoisotopic (exact) mass is 258 g/mol. The molecular weight excluding hydrogens is 236 g/mol. The summed E-state index contributed by atoms with van der Waals surface area (Å²) in [6, 6.07) is 0. The van der Waals surface area contributed by atoms with Gasteiger partial charge in [0.25, 0.3) is 0 Å². The van der Waals surface area contributed by atoms with Gasteiger partial charge in [0, 0.05) is 13.1 Å². The lowest BCUT2D eigenvalue weighted by Crippen LogP contribution is -2.46. The molecule has 18 heavy (non-hydrogen) atoms. The Labute approximate surface area is 107 Å². The molecule has 0 unspecified atom stereocenters. The number of ether oxygens (including phenoxy) is 1. The van der Waals surface area contributed by atoms with E-state index < -0.39 is 23.6 Å². The van der Waals surface area contributed by atoms with Crippen molar-refractivity contribution >= 4 is 12.1 Å². The molecule has 0 aromatic rings. The van der Waals surface area contributed by atoms with E-state index in [2.05, 4.69) is 10.6 Å². The number of rotatable bonds is 3. The minimum atomic E-state index is -0.821. The Bertz CT molecular complexity index is 312. The fourth-order valence-electron chi connectivity index (χ4n) is 1.97. The third-order valence-electron chi connectivity index (χ3n) is 2.85. The lowest BCUT2D eigenvalue weighted by atomic mass is 9.86. The molecule has 0 aromatic carbocycles. The first kappa shape index (κ1) is 14.8. The summed E-state index contributed by atoms with van der Waals surface area (Å²) >= 11 is 0. The minimum Gasteiger partial charge on any atom is -0.481 e. The first-order chi connectivity index (χ1) is 8.29. The van der Waals surface area contributed by atoms with Crippen LogP contribution in [0, 0.1) is 11.8 Å². The third-order valence-corrected chi connectivity index (χ3v) is 2.85. The van der Waals surface area contributed by atoms with E-state index in [1.807, 2.05) is 0 Å². The summed E-state index contributed by atoms with van der Waals surface area (Å²) in [5, 5.41) is 14.8. The molecule has 0 saturated carbocycles. The van der Waals surface area contributed by atoms with Crippen molar-refractivity contribution in [1.29, 1.82) is 0 Å². The smallest absolute Gasteiger partial charge is 0.407 e. The summed E-state index contributed by atoms with van der Waals surface area (Å²) < 4.78 is 5.11. The van der Waals surface area contributed by atoms with Crippen molar-refractivity contribution in [2.75, 3.05) is 19.6 Å². The molecule has 2 atom stereocenters. The number of hydrogen-bond acceptors (Lipinski definition) is 4. The summed E-state index contributed by atoms with van der Waals surface area (Å²) in [4.78, 5) is 22.5. The molecule has 1 aliphatic rings. The molecule has 1 fully saturated rings. The molecule has 1 heterocycles. The second-order valence-corrected chi connectivity index (χ2v) is 5.58. The molecule has 1 saturated heterocycles. The van der Waals surface area contributed by atoms with Gasteiger partial charge in [0.2, 0.25) is 0 Å². The third kappa shape index (κ3) is 4.91. The van der Waals surface area contributed by atoms with E-state index in [0.717, 1.165) is 13.0 Å². The molecule has 1 amide bonds. The normalized spacial score (nSPS) is 24.4. The van der Waals surface area contributed by atoms with Crippen LogP contribution in [0.4, 0.5) is 4.79 Å². The fourth-order valence-corrected chi connectivity index (χ4v) is 1.97. The number of alkyl carbamates (subject to hydrolysis) is 1. The van der Waals surface area contributed by atoms with Gasteiger partial charge < -0.3 is 20.5 Å². The molecule has 6 heteroatoms. The highest BCUT2D eigenvalue weighted by Gasteiger charge is 2.31. The van der Waals surface area contributed by atoms with E-state index in [4.69, 9.17) is 9.84 Å². The second-order valence-electron chi connectivity index (χ2n) is 5.58. The van der Waals surface area contributed by atoms with Crippen molar-refractivity contribution in [2.45, 2.75) is 32.8 Å². The molecule has 3 N–H and O–H groups in total. The SMILES string of the molecule is CC(C)(C)OC(=O)NC[C@@H]1CCNC[C@@H]1C(=O)O. The molecular formula is C12H22N2O4. The van der Waals surface area contributed by atoms with Gasteiger partial charge in [-0.2, -0.15) is 0 Å². The van der Waals surface area contributed by atoms with E-state index >= 15 is 0 Å². The molecule has 1 rings (SSSR count). The highest BCUT2D eigenvalue weighted by molar-refractivity contribution is 5.71. The highest BCUT2D eigenvalue weighted by atomic mass is 16.6. The van der Waals surface area contributed by atoms with E-state index in [1.54, 1.807) is 20.8 Å². The van der Waals surface area contributed by atoms with E-state index in [1.165, 1.54) is 0 Å². The lowest BCUT2D eigenvalue weighted by Gasteiger charge is -2.29. The molecule has 0 bridgehead atoms. The zero-order chi connectivity index (χ0) is 13.8. The number of carbonyl (C=O) groups is 2. The van der Waals surface area contributed by atoms with Gasteiger partial charge in [-0.1, -0.05) is 0 Å². The number of piperidine rings is 1. The largest absolute Gasteiger partial charge is 0.481 e. The maximum atomic E-state index is 11.5. The van der Waals surface area contributed by atoms with Gasteiger partial charge in [-0.05, 0) is 39.7 Å². The number of amides is 1. The topological polar surface area (TPSA) is 87.7 Å². The zero-order valence-corrected chi connectivity index (χ0v) is 11.2. The summed E-state index contributed by atoms with van der Waals surface area (Å²) in [5.74, 6) is -1.32. The standard InChI is InChI=1S/C12H22N2O4/c1-12(2,3)18-11(17)14-6-8-4-5-13-7-9(8)10(15)16/h8-9,13H,4-7H2,1-3H3,(H,14,17)(H,15,16)/t8-,9-/m0/s1. The van der Waals surface area contributed by atoms with Gasteiger partial charge >= 0.3 is 12.1 Å². The summed E-state index contributed by atoms with van der Waals surface area (Å²) in [6.07, 6.45) is 0.248. The quantitative estimate of drug-likeness (QED) is 0.697. The maximum absolute atomic E-state index is 11.5. The van der Waals surface area contributed by atoms with Crippen molar-refractivity contribution < 1.29 is 19.4 Å². The Morgan fingerprint density at radius 2 is 2.11 bits per heavy atom. The second kappa shape index (κ2) is 6.04. The summed E-state index contributed by atoms with van der Waals surface area (Å²) in [6.45, 7) is 6.94.